The maximum atomic E-state index is 12.1. The molecule has 1 aromatic rings. The topological polar surface area (TPSA) is 59.3 Å². The van der Waals surface area contributed by atoms with Crippen LogP contribution in [-0.4, -0.2) is 19.7 Å². The van der Waals surface area contributed by atoms with Crippen molar-refractivity contribution in [1.82, 2.24) is 0 Å². The molecule has 0 radical (unpaired) electrons. The van der Waals surface area contributed by atoms with Crippen molar-refractivity contribution in [1.29, 1.82) is 5.26 Å². The summed E-state index contributed by atoms with van der Waals surface area (Å²) in [5, 5.41) is 8.78. The van der Waals surface area contributed by atoms with Crippen LogP contribution >= 0.6 is 12.6 Å². The van der Waals surface area contributed by atoms with Gasteiger partial charge in [0.25, 0.3) is 0 Å². The molecule has 0 unspecified atom stereocenters. The lowest BCUT2D eigenvalue weighted by molar-refractivity contribution is -0.0517. The Balaban J connectivity index is 3.33. The zero-order valence-corrected chi connectivity index (χ0v) is 9.50. The Labute approximate surface area is 101 Å². The van der Waals surface area contributed by atoms with Crippen LogP contribution in [0.25, 0.3) is 0 Å². The molecule has 0 heterocycles. The lowest BCUT2D eigenvalue weighted by atomic mass is 10.1. The van der Waals surface area contributed by atoms with Crippen LogP contribution in [0.3, 0.4) is 0 Å². The number of hydrogen-bond acceptors (Lipinski definition) is 5. The third-order valence-electron chi connectivity index (χ3n) is 1.87. The number of halogens is 2. The molecule has 0 aliphatic heterocycles. The first-order valence-corrected chi connectivity index (χ1v) is 4.75. The highest BCUT2D eigenvalue weighted by molar-refractivity contribution is 7.80. The summed E-state index contributed by atoms with van der Waals surface area (Å²) in [5.41, 5.74) is -0.222. The first kappa shape index (κ1) is 13.3. The molecule has 1 aromatic carbocycles. The Morgan fingerprint density at radius 2 is 2.18 bits per heavy atom. The van der Waals surface area contributed by atoms with E-state index in [1.165, 1.54) is 6.07 Å². The molecule has 17 heavy (non-hydrogen) atoms. The first-order valence-electron chi connectivity index (χ1n) is 4.30. The molecule has 7 heteroatoms. The van der Waals surface area contributed by atoms with E-state index in [2.05, 4.69) is 22.1 Å². The third-order valence-corrected chi connectivity index (χ3v) is 2.31. The van der Waals surface area contributed by atoms with Crippen LogP contribution in [0.1, 0.15) is 15.9 Å². The van der Waals surface area contributed by atoms with Crippen molar-refractivity contribution in [2.45, 2.75) is 11.5 Å². The number of methoxy groups -OCH3 is 1. The monoisotopic (exact) mass is 259 g/mol. The number of alkyl halides is 2. The lowest BCUT2D eigenvalue weighted by Crippen LogP contribution is -2.09. The highest BCUT2D eigenvalue weighted by atomic mass is 32.1. The van der Waals surface area contributed by atoms with Gasteiger partial charge in [-0.05, 0) is 12.1 Å². The number of carbonyl (C=O) groups is 1. The fraction of sp³-hybridized carbons (Fsp3) is 0.200. The number of ether oxygens (including phenoxy) is 2. The maximum absolute atomic E-state index is 12.1. The van der Waals surface area contributed by atoms with Gasteiger partial charge in [-0.25, -0.2) is 4.79 Å². The van der Waals surface area contributed by atoms with Gasteiger partial charge in [-0.15, -0.1) is 12.6 Å². The average molecular weight is 259 g/mol. The Hall–Kier alpha value is -1.81. The summed E-state index contributed by atoms with van der Waals surface area (Å²) in [7, 11) is 1.11. The van der Waals surface area contributed by atoms with E-state index in [4.69, 9.17) is 5.26 Å². The minimum absolute atomic E-state index is 0.0246. The molecule has 0 aliphatic carbocycles. The molecular weight excluding hydrogens is 252 g/mol. The Morgan fingerprint density at radius 3 is 2.65 bits per heavy atom. The summed E-state index contributed by atoms with van der Waals surface area (Å²) < 4.78 is 32.7. The number of nitriles is 1. The number of benzene rings is 1. The molecule has 1 rings (SSSR count). The van der Waals surface area contributed by atoms with Crippen molar-refractivity contribution in [3.63, 3.8) is 0 Å². The molecule has 0 aromatic heterocycles. The predicted molar refractivity (Wildman–Crippen MR) is 56.4 cm³/mol. The van der Waals surface area contributed by atoms with E-state index < -0.39 is 12.6 Å². The molecule has 0 N–H and O–H groups in total. The Kier molecular flexibility index (Phi) is 4.29. The predicted octanol–water partition coefficient (Wildman–Crippen LogP) is 2.23. The summed E-state index contributed by atoms with van der Waals surface area (Å²) >= 11 is 3.89. The van der Waals surface area contributed by atoms with E-state index in [-0.39, 0.29) is 21.8 Å². The Bertz CT molecular complexity index is 485. The molecular formula is C10H7F2NO3S. The second-order valence-electron chi connectivity index (χ2n) is 2.82. The van der Waals surface area contributed by atoms with Gasteiger partial charge in [0.2, 0.25) is 0 Å². The average Bonchev–Trinajstić information content (AvgIpc) is 2.30. The smallest absolute Gasteiger partial charge is 0.387 e. The van der Waals surface area contributed by atoms with Gasteiger partial charge in [0, 0.05) is 0 Å². The van der Waals surface area contributed by atoms with Gasteiger partial charge in [0.1, 0.15) is 11.8 Å². The maximum Gasteiger partial charge on any atom is 0.387 e. The highest BCUT2D eigenvalue weighted by Crippen LogP contribution is 2.30. The van der Waals surface area contributed by atoms with Gasteiger partial charge in [0.15, 0.2) is 0 Å². The normalized spacial score (nSPS) is 9.88. The minimum atomic E-state index is -3.04. The number of carbonyl (C=O) groups excluding carboxylic acids is 1. The van der Waals surface area contributed by atoms with Crippen molar-refractivity contribution in [2.24, 2.45) is 0 Å². The molecule has 0 bridgehead atoms. The minimum Gasteiger partial charge on any atom is -0.465 e. The fourth-order valence-electron chi connectivity index (χ4n) is 1.16. The molecule has 0 atom stereocenters. The molecule has 0 amide bonds. The van der Waals surface area contributed by atoms with Crippen LogP contribution in [0.5, 0.6) is 5.75 Å². The Morgan fingerprint density at radius 1 is 1.53 bits per heavy atom. The van der Waals surface area contributed by atoms with Gasteiger partial charge in [-0.3, -0.25) is 0 Å². The van der Waals surface area contributed by atoms with Gasteiger partial charge in [0.05, 0.1) is 23.1 Å². The molecule has 0 saturated carbocycles. The molecule has 4 nitrogen and oxygen atoms in total. The van der Waals surface area contributed by atoms with E-state index in [1.54, 1.807) is 6.07 Å². The number of hydrogen-bond donors (Lipinski definition) is 1. The van der Waals surface area contributed by atoms with Crippen LogP contribution < -0.4 is 4.74 Å². The van der Waals surface area contributed by atoms with Crippen LogP contribution in [0.15, 0.2) is 17.0 Å². The highest BCUT2D eigenvalue weighted by Gasteiger charge is 2.20. The summed E-state index contributed by atoms with van der Waals surface area (Å²) in [6.07, 6.45) is 0. The number of esters is 1. The first-order chi connectivity index (χ1) is 8.01. The van der Waals surface area contributed by atoms with Crippen LogP contribution in [0.2, 0.25) is 0 Å². The summed E-state index contributed by atoms with van der Waals surface area (Å²) in [6.45, 7) is -3.04. The van der Waals surface area contributed by atoms with Crippen molar-refractivity contribution >= 4 is 18.6 Å². The van der Waals surface area contributed by atoms with E-state index in [0.29, 0.717) is 0 Å². The van der Waals surface area contributed by atoms with Crippen molar-refractivity contribution in [3.05, 3.63) is 23.3 Å². The second-order valence-corrected chi connectivity index (χ2v) is 3.26. The van der Waals surface area contributed by atoms with Crippen LogP contribution in [0, 0.1) is 11.3 Å². The zero-order chi connectivity index (χ0) is 13.0. The second kappa shape index (κ2) is 5.50. The zero-order valence-electron chi connectivity index (χ0n) is 8.61. The largest absolute Gasteiger partial charge is 0.465 e. The van der Waals surface area contributed by atoms with Gasteiger partial charge in [-0.2, -0.15) is 14.0 Å². The van der Waals surface area contributed by atoms with E-state index in [1.807, 2.05) is 0 Å². The van der Waals surface area contributed by atoms with Crippen LogP contribution in [-0.2, 0) is 4.74 Å². The van der Waals surface area contributed by atoms with Crippen molar-refractivity contribution < 1.29 is 23.0 Å². The number of thiol groups is 1. The molecule has 0 saturated heterocycles. The van der Waals surface area contributed by atoms with Gasteiger partial charge < -0.3 is 9.47 Å². The van der Waals surface area contributed by atoms with Crippen molar-refractivity contribution in [3.8, 4) is 11.8 Å². The van der Waals surface area contributed by atoms with Gasteiger partial charge in [-0.1, -0.05) is 0 Å². The SMILES string of the molecule is COC(=O)c1c(C#N)ccc(OC(F)F)c1S. The fourth-order valence-corrected chi connectivity index (χ4v) is 1.50. The quantitative estimate of drug-likeness (QED) is 0.668. The number of rotatable bonds is 3. The molecule has 0 spiro atoms. The van der Waals surface area contributed by atoms with Crippen LogP contribution in [0.4, 0.5) is 8.78 Å². The van der Waals surface area contributed by atoms with E-state index in [9.17, 15) is 13.6 Å². The summed E-state index contributed by atoms with van der Waals surface area (Å²) in [4.78, 5) is 11.2. The van der Waals surface area contributed by atoms with E-state index >= 15 is 0 Å². The molecule has 90 valence electrons. The standard InChI is InChI=1S/C10H7F2NO3S/c1-15-9(14)7-5(4-13)2-3-6(8(7)17)16-10(11)12/h2-3,10,17H,1H3. The number of nitrogens with zero attached hydrogens (tertiary/aromatic N) is 1. The summed E-state index contributed by atoms with van der Waals surface area (Å²) in [5.74, 6) is -1.13. The third kappa shape index (κ3) is 2.85. The van der Waals surface area contributed by atoms with Crippen molar-refractivity contribution in [2.75, 3.05) is 7.11 Å². The molecule has 0 aliphatic rings. The van der Waals surface area contributed by atoms with Gasteiger partial charge >= 0.3 is 12.6 Å². The lowest BCUT2D eigenvalue weighted by Gasteiger charge is -2.11. The van der Waals surface area contributed by atoms with E-state index in [0.717, 1.165) is 13.2 Å². The summed E-state index contributed by atoms with van der Waals surface area (Å²) in [6, 6.07) is 4.06. The molecule has 0 fully saturated rings.